The van der Waals surface area contributed by atoms with Crippen molar-refractivity contribution in [2.45, 2.75) is 33.1 Å². The minimum atomic E-state index is 0.102. The van der Waals surface area contributed by atoms with E-state index >= 15 is 0 Å². The molecule has 27 heavy (non-hydrogen) atoms. The third-order valence-electron chi connectivity index (χ3n) is 4.19. The van der Waals surface area contributed by atoms with E-state index in [2.05, 4.69) is 48.2 Å². The molecule has 0 aliphatic heterocycles. The van der Waals surface area contributed by atoms with Crippen LogP contribution in [-0.2, 0) is 5.41 Å². The Bertz CT molecular complexity index is 994. The number of hydrogen-bond donors (Lipinski definition) is 1. The summed E-state index contributed by atoms with van der Waals surface area (Å²) in [4.78, 5) is 0. The Morgan fingerprint density at radius 2 is 1.85 bits per heavy atom. The zero-order valence-electron chi connectivity index (χ0n) is 16.1. The van der Waals surface area contributed by atoms with Crippen LogP contribution in [0.25, 0.3) is 11.4 Å². The van der Waals surface area contributed by atoms with Crippen LogP contribution in [0, 0.1) is 4.77 Å². The Morgan fingerprint density at radius 1 is 1.15 bits per heavy atom. The molecule has 0 spiro atoms. The van der Waals surface area contributed by atoms with Crippen molar-refractivity contribution in [3.05, 3.63) is 64.4 Å². The Morgan fingerprint density at radius 3 is 2.52 bits per heavy atom. The molecule has 0 unspecified atom stereocenters. The Balaban J connectivity index is 1.95. The van der Waals surface area contributed by atoms with E-state index in [1.807, 2.05) is 43.3 Å². The molecule has 3 aromatic rings. The highest BCUT2D eigenvalue weighted by atomic mass is 32.1. The van der Waals surface area contributed by atoms with Crippen LogP contribution < -0.4 is 4.74 Å². The first-order valence-electron chi connectivity index (χ1n) is 8.94. The molecule has 0 aliphatic carbocycles. The largest absolute Gasteiger partial charge is 0.493 e. The fraction of sp³-hybridized carbons (Fsp3) is 0.286. The molecule has 1 N–H and O–H groups in total. The van der Waals surface area contributed by atoms with E-state index in [-0.39, 0.29) is 5.41 Å². The molecule has 2 aromatic carbocycles. The summed E-state index contributed by atoms with van der Waals surface area (Å²) in [6.07, 6.45) is 1.74. The molecule has 0 aliphatic rings. The van der Waals surface area contributed by atoms with Crippen molar-refractivity contribution in [2.75, 3.05) is 6.61 Å². The van der Waals surface area contributed by atoms with E-state index in [4.69, 9.17) is 17.0 Å². The maximum atomic E-state index is 5.65. The van der Waals surface area contributed by atoms with Gasteiger partial charge >= 0.3 is 0 Å². The molecule has 0 radical (unpaired) electrons. The normalized spacial score (nSPS) is 11.9. The van der Waals surface area contributed by atoms with E-state index in [9.17, 15) is 0 Å². The zero-order valence-corrected chi connectivity index (χ0v) is 16.9. The van der Waals surface area contributed by atoms with Crippen LogP contribution >= 0.6 is 12.2 Å². The van der Waals surface area contributed by atoms with Crippen molar-refractivity contribution >= 4 is 18.4 Å². The van der Waals surface area contributed by atoms with Gasteiger partial charge in [0.2, 0.25) is 4.77 Å². The van der Waals surface area contributed by atoms with Gasteiger partial charge in [0.25, 0.3) is 0 Å². The maximum Gasteiger partial charge on any atom is 0.216 e. The highest BCUT2D eigenvalue weighted by molar-refractivity contribution is 7.71. The first-order valence-corrected chi connectivity index (χ1v) is 9.35. The lowest BCUT2D eigenvalue weighted by molar-refractivity contribution is 0.340. The predicted octanol–water partition coefficient (Wildman–Crippen LogP) is 5.19. The van der Waals surface area contributed by atoms with E-state index < -0.39 is 0 Å². The number of rotatable bonds is 5. The van der Waals surface area contributed by atoms with Gasteiger partial charge in [0.1, 0.15) is 5.75 Å². The minimum absolute atomic E-state index is 0.102. The third kappa shape index (κ3) is 4.34. The van der Waals surface area contributed by atoms with Gasteiger partial charge in [-0.25, -0.2) is 5.10 Å². The topological polar surface area (TPSA) is 55.2 Å². The molecule has 0 atom stereocenters. The summed E-state index contributed by atoms with van der Waals surface area (Å²) in [6.45, 7) is 9.13. The van der Waals surface area contributed by atoms with Crippen LogP contribution in [-0.4, -0.2) is 27.7 Å². The highest BCUT2D eigenvalue weighted by Crippen LogP contribution is 2.25. The minimum Gasteiger partial charge on any atom is -0.493 e. The van der Waals surface area contributed by atoms with Crippen LogP contribution in [0.1, 0.15) is 38.8 Å². The Labute approximate surface area is 164 Å². The standard InChI is InChI=1S/C21H24N4OS/c1-5-26-18-9-7-6-8-16(18)14-22-25-19(23-24-20(25)27)15-10-12-17(13-11-15)21(2,3)4/h6-14H,5H2,1-4H3,(H,24,27)/b22-14-. The second-order valence-corrected chi connectivity index (χ2v) is 7.59. The molecule has 140 valence electrons. The van der Waals surface area contributed by atoms with Crippen LogP contribution in [0.15, 0.2) is 53.6 Å². The smallest absolute Gasteiger partial charge is 0.216 e. The number of ether oxygens (including phenoxy) is 1. The van der Waals surface area contributed by atoms with Crippen LogP contribution in [0.4, 0.5) is 0 Å². The number of para-hydroxylation sites is 1. The lowest BCUT2D eigenvalue weighted by Crippen LogP contribution is -2.10. The summed E-state index contributed by atoms with van der Waals surface area (Å²) in [5.74, 6) is 1.46. The molecule has 0 saturated carbocycles. The molecule has 0 bridgehead atoms. The quantitative estimate of drug-likeness (QED) is 0.490. The van der Waals surface area contributed by atoms with Gasteiger partial charge in [-0.3, -0.25) is 0 Å². The molecular weight excluding hydrogens is 356 g/mol. The van der Waals surface area contributed by atoms with Crippen molar-refractivity contribution in [2.24, 2.45) is 5.10 Å². The molecule has 0 saturated heterocycles. The summed E-state index contributed by atoms with van der Waals surface area (Å²) in [5.41, 5.74) is 3.20. The molecule has 5 nitrogen and oxygen atoms in total. The number of aromatic amines is 1. The van der Waals surface area contributed by atoms with Crippen molar-refractivity contribution in [3.8, 4) is 17.1 Å². The second-order valence-electron chi connectivity index (χ2n) is 7.21. The van der Waals surface area contributed by atoms with Crippen LogP contribution in [0.5, 0.6) is 5.75 Å². The number of nitrogens with one attached hydrogen (secondary N) is 1. The van der Waals surface area contributed by atoms with Gasteiger partial charge in [-0.1, -0.05) is 57.2 Å². The van der Waals surface area contributed by atoms with Gasteiger partial charge < -0.3 is 4.74 Å². The molecule has 1 aromatic heterocycles. The second kappa shape index (κ2) is 7.88. The van der Waals surface area contributed by atoms with Crippen molar-refractivity contribution in [1.29, 1.82) is 0 Å². The van der Waals surface area contributed by atoms with E-state index in [1.54, 1.807) is 10.9 Å². The average Bonchev–Trinajstić information content (AvgIpc) is 3.01. The molecule has 6 heteroatoms. The van der Waals surface area contributed by atoms with E-state index in [0.29, 0.717) is 17.2 Å². The lowest BCUT2D eigenvalue weighted by atomic mass is 9.87. The zero-order chi connectivity index (χ0) is 19.4. The number of aromatic nitrogens is 3. The van der Waals surface area contributed by atoms with E-state index in [1.165, 1.54) is 5.56 Å². The Kier molecular flexibility index (Phi) is 5.56. The van der Waals surface area contributed by atoms with Gasteiger partial charge in [-0.15, -0.1) is 0 Å². The molecule has 1 heterocycles. The predicted molar refractivity (Wildman–Crippen MR) is 112 cm³/mol. The number of nitrogens with zero attached hydrogens (tertiary/aromatic N) is 3. The summed E-state index contributed by atoms with van der Waals surface area (Å²) in [6, 6.07) is 16.1. The Hall–Kier alpha value is -2.73. The number of H-pyrrole nitrogens is 1. The third-order valence-corrected chi connectivity index (χ3v) is 4.45. The van der Waals surface area contributed by atoms with Crippen molar-refractivity contribution in [3.63, 3.8) is 0 Å². The monoisotopic (exact) mass is 380 g/mol. The summed E-state index contributed by atoms with van der Waals surface area (Å²) >= 11 is 5.36. The maximum absolute atomic E-state index is 5.65. The summed E-state index contributed by atoms with van der Waals surface area (Å²) in [7, 11) is 0. The molecular formula is C21H24N4OS. The first kappa shape index (κ1) is 19.0. The lowest BCUT2D eigenvalue weighted by Gasteiger charge is -2.18. The van der Waals surface area contributed by atoms with E-state index in [0.717, 1.165) is 16.9 Å². The van der Waals surface area contributed by atoms with Gasteiger partial charge in [-0.2, -0.15) is 14.9 Å². The fourth-order valence-electron chi connectivity index (χ4n) is 2.70. The van der Waals surface area contributed by atoms with Crippen LogP contribution in [0.3, 0.4) is 0 Å². The number of hydrogen-bond acceptors (Lipinski definition) is 4. The molecule has 0 fully saturated rings. The van der Waals surface area contributed by atoms with Gasteiger partial charge in [0, 0.05) is 11.1 Å². The van der Waals surface area contributed by atoms with Gasteiger partial charge in [0.15, 0.2) is 5.82 Å². The first-order chi connectivity index (χ1) is 12.9. The molecule has 0 amide bonds. The van der Waals surface area contributed by atoms with Gasteiger partial charge in [0.05, 0.1) is 12.8 Å². The number of benzene rings is 2. The fourth-order valence-corrected chi connectivity index (χ4v) is 2.88. The van der Waals surface area contributed by atoms with Crippen molar-refractivity contribution < 1.29 is 4.74 Å². The summed E-state index contributed by atoms with van der Waals surface area (Å²) < 4.78 is 7.72. The SMILES string of the molecule is CCOc1ccccc1/C=N\n1c(-c2ccc(C(C)(C)C)cc2)n[nH]c1=S. The van der Waals surface area contributed by atoms with Crippen LogP contribution in [0.2, 0.25) is 0 Å². The summed E-state index contributed by atoms with van der Waals surface area (Å²) in [5, 5.41) is 11.7. The highest BCUT2D eigenvalue weighted by Gasteiger charge is 2.14. The van der Waals surface area contributed by atoms with Crippen molar-refractivity contribution in [1.82, 2.24) is 14.9 Å². The molecule has 3 rings (SSSR count). The average molecular weight is 381 g/mol. The van der Waals surface area contributed by atoms with Gasteiger partial charge in [-0.05, 0) is 42.3 Å².